The fourth-order valence-corrected chi connectivity index (χ4v) is 1.86. The Morgan fingerprint density at radius 2 is 1.93 bits per heavy atom. The second-order valence-electron chi connectivity index (χ2n) is 4.34. The second-order valence-corrected chi connectivity index (χ2v) is 4.34. The van der Waals surface area contributed by atoms with Crippen LogP contribution in [0.15, 0.2) is 0 Å². The summed E-state index contributed by atoms with van der Waals surface area (Å²) < 4.78 is 24.1. The normalized spacial score (nSPS) is 41.3. The summed E-state index contributed by atoms with van der Waals surface area (Å²) in [5.41, 5.74) is 0. The maximum atomic E-state index is 13.8. The minimum Gasteiger partial charge on any atom is -0.463 e. The molecule has 0 bridgehead atoms. The first kappa shape index (κ1) is 12.4. The molecule has 1 fully saturated rings. The summed E-state index contributed by atoms with van der Waals surface area (Å²) in [4.78, 5) is 10.6. The average molecular weight is 218 g/mol. The lowest BCUT2D eigenvalue weighted by Gasteiger charge is -2.39. The number of alkyl halides is 1. The molecule has 0 spiro atoms. The number of hydrogen-bond donors (Lipinski definition) is 0. The molecule has 1 heterocycles. The molecule has 3 nitrogen and oxygen atoms in total. The van der Waals surface area contributed by atoms with Gasteiger partial charge in [-0.3, -0.25) is 4.79 Å². The van der Waals surface area contributed by atoms with Gasteiger partial charge in [0.05, 0.1) is 6.10 Å². The van der Waals surface area contributed by atoms with E-state index in [4.69, 9.17) is 9.47 Å². The van der Waals surface area contributed by atoms with Crippen LogP contribution in [0.3, 0.4) is 0 Å². The second kappa shape index (κ2) is 4.92. The highest BCUT2D eigenvalue weighted by Gasteiger charge is 2.40. The number of halogens is 1. The smallest absolute Gasteiger partial charge is 0.302 e. The van der Waals surface area contributed by atoms with Gasteiger partial charge in [0.1, 0.15) is 18.9 Å². The van der Waals surface area contributed by atoms with E-state index < -0.39 is 18.2 Å². The van der Waals surface area contributed by atoms with E-state index in [9.17, 15) is 9.18 Å². The summed E-state index contributed by atoms with van der Waals surface area (Å²) in [6.45, 7) is 7.09. The Morgan fingerprint density at radius 1 is 1.33 bits per heavy atom. The van der Waals surface area contributed by atoms with Crippen molar-refractivity contribution in [3.05, 3.63) is 0 Å². The Balaban J connectivity index is 2.54. The molecule has 5 atom stereocenters. The van der Waals surface area contributed by atoms with Crippen LogP contribution in [-0.2, 0) is 14.3 Å². The molecule has 0 aromatic heterocycles. The monoisotopic (exact) mass is 218 g/mol. The molecule has 0 aromatic rings. The summed E-state index contributed by atoms with van der Waals surface area (Å²) in [7, 11) is 0. The third-order valence-electron chi connectivity index (χ3n) is 3.27. The fourth-order valence-electron chi connectivity index (χ4n) is 1.86. The Bertz CT molecular complexity index is 232. The van der Waals surface area contributed by atoms with Crippen LogP contribution in [0.25, 0.3) is 0 Å². The molecule has 0 radical (unpaired) electrons. The van der Waals surface area contributed by atoms with E-state index in [1.807, 2.05) is 20.8 Å². The van der Waals surface area contributed by atoms with E-state index in [-0.39, 0.29) is 24.5 Å². The molecule has 3 unspecified atom stereocenters. The van der Waals surface area contributed by atoms with Gasteiger partial charge < -0.3 is 9.47 Å². The molecule has 1 aliphatic rings. The van der Waals surface area contributed by atoms with Gasteiger partial charge >= 0.3 is 5.97 Å². The number of carbonyl (C=O) groups is 1. The van der Waals surface area contributed by atoms with E-state index in [1.165, 1.54) is 6.92 Å². The van der Waals surface area contributed by atoms with Crippen molar-refractivity contribution in [3.8, 4) is 0 Å². The van der Waals surface area contributed by atoms with Gasteiger partial charge in [-0.25, -0.2) is 4.39 Å². The molecule has 1 rings (SSSR count). The zero-order valence-electron chi connectivity index (χ0n) is 9.70. The van der Waals surface area contributed by atoms with Crippen LogP contribution in [0.1, 0.15) is 27.7 Å². The van der Waals surface area contributed by atoms with Gasteiger partial charge in [0.15, 0.2) is 0 Å². The minimum atomic E-state index is -1.06. The number of hydrogen-bond acceptors (Lipinski definition) is 3. The minimum absolute atomic E-state index is 0.00700. The lowest BCUT2D eigenvalue weighted by atomic mass is 9.83. The summed E-state index contributed by atoms with van der Waals surface area (Å²) in [5.74, 6) is -0.271. The van der Waals surface area contributed by atoms with Gasteiger partial charge in [-0.15, -0.1) is 0 Å². The first-order valence-corrected chi connectivity index (χ1v) is 5.36. The zero-order chi connectivity index (χ0) is 11.6. The summed E-state index contributed by atoms with van der Waals surface area (Å²) >= 11 is 0. The van der Waals surface area contributed by atoms with E-state index in [2.05, 4.69) is 0 Å². The molecular formula is C11H19FO3. The molecule has 0 amide bonds. The first-order chi connectivity index (χ1) is 6.93. The predicted molar refractivity (Wildman–Crippen MR) is 54.2 cm³/mol. The molecule has 1 aliphatic heterocycles. The molecule has 1 saturated heterocycles. The van der Waals surface area contributed by atoms with Crippen LogP contribution in [0.5, 0.6) is 0 Å². The largest absolute Gasteiger partial charge is 0.463 e. The summed E-state index contributed by atoms with van der Waals surface area (Å²) in [5, 5.41) is 0. The third-order valence-corrected chi connectivity index (χ3v) is 3.27. The standard InChI is InChI=1S/C11H19FO3/c1-6-7(2)11(12)10(15-8(6)3)5-14-9(4)13/h6-8,10-11H,5H2,1-4H3/t6?,7-,8?,10?,11+/m1/s1. The van der Waals surface area contributed by atoms with Crippen molar-refractivity contribution in [3.63, 3.8) is 0 Å². The molecular weight excluding hydrogens is 199 g/mol. The predicted octanol–water partition coefficient (Wildman–Crippen LogP) is 1.95. The zero-order valence-corrected chi connectivity index (χ0v) is 9.70. The van der Waals surface area contributed by atoms with Crippen LogP contribution in [0.4, 0.5) is 4.39 Å². The van der Waals surface area contributed by atoms with E-state index >= 15 is 0 Å². The first-order valence-electron chi connectivity index (χ1n) is 5.36. The van der Waals surface area contributed by atoms with Crippen molar-refractivity contribution in [1.29, 1.82) is 0 Å². The number of ether oxygens (including phenoxy) is 2. The highest BCUT2D eigenvalue weighted by molar-refractivity contribution is 5.65. The Labute approximate surface area is 89.9 Å². The van der Waals surface area contributed by atoms with Crippen molar-refractivity contribution in [1.82, 2.24) is 0 Å². The summed E-state index contributed by atoms with van der Waals surface area (Å²) in [6.07, 6.45) is -1.67. The molecule has 0 aliphatic carbocycles. The summed E-state index contributed by atoms with van der Waals surface area (Å²) in [6, 6.07) is 0. The lowest BCUT2D eigenvalue weighted by Crippen LogP contribution is -2.48. The average Bonchev–Trinajstić information content (AvgIpc) is 2.18. The van der Waals surface area contributed by atoms with Gasteiger partial charge in [-0.05, 0) is 18.8 Å². The van der Waals surface area contributed by atoms with Gasteiger partial charge in [-0.2, -0.15) is 0 Å². The Kier molecular flexibility index (Phi) is 4.08. The van der Waals surface area contributed by atoms with Crippen LogP contribution >= 0.6 is 0 Å². The highest BCUT2D eigenvalue weighted by Crippen LogP contribution is 2.32. The van der Waals surface area contributed by atoms with Crippen LogP contribution in [-0.4, -0.2) is 31.0 Å². The van der Waals surface area contributed by atoms with Gasteiger partial charge in [0, 0.05) is 6.92 Å². The van der Waals surface area contributed by atoms with Crippen LogP contribution in [0.2, 0.25) is 0 Å². The molecule has 0 saturated carbocycles. The fraction of sp³-hybridized carbons (Fsp3) is 0.909. The maximum Gasteiger partial charge on any atom is 0.302 e. The van der Waals surface area contributed by atoms with Crippen molar-refractivity contribution in [2.75, 3.05) is 6.61 Å². The van der Waals surface area contributed by atoms with Crippen LogP contribution in [0, 0.1) is 11.8 Å². The van der Waals surface area contributed by atoms with Gasteiger partial charge in [0.25, 0.3) is 0 Å². The topological polar surface area (TPSA) is 35.5 Å². The van der Waals surface area contributed by atoms with E-state index in [0.29, 0.717) is 0 Å². The van der Waals surface area contributed by atoms with E-state index in [0.717, 1.165) is 0 Å². The lowest BCUT2D eigenvalue weighted by molar-refractivity contribution is -0.170. The number of rotatable bonds is 2. The molecule has 0 N–H and O–H groups in total. The Morgan fingerprint density at radius 3 is 2.47 bits per heavy atom. The molecule has 15 heavy (non-hydrogen) atoms. The van der Waals surface area contributed by atoms with Crippen molar-refractivity contribution in [2.24, 2.45) is 11.8 Å². The molecule has 4 heteroatoms. The molecule has 0 aromatic carbocycles. The highest BCUT2D eigenvalue weighted by atomic mass is 19.1. The maximum absolute atomic E-state index is 13.8. The van der Waals surface area contributed by atoms with E-state index in [1.54, 1.807) is 0 Å². The number of carbonyl (C=O) groups excluding carboxylic acids is 1. The van der Waals surface area contributed by atoms with Gasteiger partial charge in [-0.1, -0.05) is 13.8 Å². The SMILES string of the molecule is CC(=O)OCC1OC(C)C(C)[C@@H](C)[C@@H]1F. The third kappa shape index (κ3) is 2.91. The Hall–Kier alpha value is -0.640. The van der Waals surface area contributed by atoms with Crippen molar-refractivity contribution >= 4 is 5.97 Å². The molecule has 88 valence electrons. The van der Waals surface area contributed by atoms with Gasteiger partial charge in [0.2, 0.25) is 0 Å². The van der Waals surface area contributed by atoms with Crippen molar-refractivity contribution in [2.45, 2.75) is 46.1 Å². The van der Waals surface area contributed by atoms with Crippen LogP contribution < -0.4 is 0 Å². The van der Waals surface area contributed by atoms with Crippen molar-refractivity contribution < 1.29 is 18.7 Å². The number of esters is 1. The quantitative estimate of drug-likeness (QED) is 0.664.